The first-order valence-electron chi connectivity index (χ1n) is 6.58. The summed E-state index contributed by atoms with van der Waals surface area (Å²) in [5.41, 5.74) is 2.34. The molecule has 19 heavy (non-hydrogen) atoms. The topological polar surface area (TPSA) is 72.8 Å². The van der Waals surface area contributed by atoms with Crippen LogP contribution in [0, 0.1) is 0 Å². The molecule has 1 aromatic carbocycles. The Hall–Kier alpha value is -1.59. The average Bonchev–Trinajstić information content (AvgIpc) is 2.69. The number of aliphatic hydroxyl groups excluding tert-OH is 2. The molecule has 0 spiro atoms. The number of hydrogen-bond donors (Lipinski definition) is 3. The van der Waals surface area contributed by atoms with Crippen molar-refractivity contribution in [1.29, 1.82) is 0 Å². The second-order valence-corrected chi connectivity index (χ2v) is 4.87. The van der Waals surface area contributed by atoms with Gasteiger partial charge in [-0.1, -0.05) is 6.07 Å². The van der Waals surface area contributed by atoms with Crippen LogP contribution in [-0.2, 0) is 4.79 Å². The second kappa shape index (κ2) is 6.04. The van der Waals surface area contributed by atoms with E-state index in [1.54, 1.807) is 6.07 Å². The number of nitrogens with zero attached hydrogens (tertiary/aromatic N) is 1. The Morgan fingerprint density at radius 2 is 2.11 bits per heavy atom. The molecule has 1 heterocycles. The monoisotopic (exact) mass is 264 g/mol. The maximum atomic E-state index is 11.4. The highest BCUT2D eigenvalue weighted by Crippen LogP contribution is 2.33. The quantitative estimate of drug-likeness (QED) is 0.677. The summed E-state index contributed by atoms with van der Waals surface area (Å²) in [6, 6.07) is 5.58. The van der Waals surface area contributed by atoms with Gasteiger partial charge < -0.3 is 20.4 Å². The number of aliphatic hydroxyl groups is 2. The van der Waals surface area contributed by atoms with Gasteiger partial charge in [-0.05, 0) is 31.4 Å². The number of fused-ring (bicyclic) bond motifs is 1. The van der Waals surface area contributed by atoms with Gasteiger partial charge in [0.25, 0.3) is 5.91 Å². The van der Waals surface area contributed by atoms with Crippen molar-refractivity contribution in [2.45, 2.75) is 25.4 Å². The fourth-order valence-electron chi connectivity index (χ4n) is 2.24. The van der Waals surface area contributed by atoms with Crippen LogP contribution < -0.4 is 10.2 Å². The summed E-state index contributed by atoms with van der Waals surface area (Å²) in [5.74, 6) is -0.363. The number of unbranched alkanes of at least 4 members (excludes halogenated alkanes) is 2. The fraction of sp³-hybridized carbons (Fsp3) is 0.500. The van der Waals surface area contributed by atoms with E-state index in [0.717, 1.165) is 31.5 Å². The minimum atomic E-state index is -1.04. The smallest absolute Gasteiger partial charge is 0.257 e. The third-order valence-electron chi connectivity index (χ3n) is 3.43. The Morgan fingerprint density at radius 3 is 2.84 bits per heavy atom. The third kappa shape index (κ3) is 3.05. The van der Waals surface area contributed by atoms with Gasteiger partial charge in [0.1, 0.15) is 0 Å². The SMILES string of the molecule is CN(CCCCCO)c1ccc2c(c1)NC(=O)C2O. The molecule has 1 aliphatic rings. The van der Waals surface area contributed by atoms with E-state index >= 15 is 0 Å². The lowest BCUT2D eigenvalue weighted by atomic mass is 10.1. The predicted octanol–water partition coefficient (Wildman–Crippen LogP) is 1.27. The van der Waals surface area contributed by atoms with Crippen molar-refractivity contribution >= 4 is 17.3 Å². The van der Waals surface area contributed by atoms with E-state index in [2.05, 4.69) is 10.2 Å². The number of amides is 1. The molecule has 3 N–H and O–H groups in total. The molecule has 0 bridgehead atoms. The van der Waals surface area contributed by atoms with Gasteiger partial charge in [0.2, 0.25) is 0 Å². The van der Waals surface area contributed by atoms with Gasteiger partial charge in [0, 0.05) is 37.1 Å². The Morgan fingerprint density at radius 1 is 1.32 bits per heavy atom. The second-order valence-electron chi connectivity index (χ2n) is 4.87. The third-order valence-corrected chi connectivity index (χ3v) is 3.43. The summed E-state index contributed by atoms with van der Waals surface area (Å²) in [6.45, 7) is 1.14. The Balaban J connectivity index is 1.99. The fourth-order valence-corrected chi connectivity index (χ4v) is 2.24. The van der Waals surface area contributed by atoms with Crippen molar-refractivity contribution in [3.8, 4) is 0 Å². The van der Waals surface area contributed by atoms with Gasteiger partial charge in [0.15, 0.2) is 6.10 Å². The van der Waals surface area contributed by atoms with Crippen molar-refractivity contribution in [2.24, 2.45) is 0 Å². The highest BCUT2D eigenvalue weighted by atomic mass is 16.3. The van der Waals surface area contributed by atoms with Gasteiger partial charge in [-0.15, -0.1) is 0 Å². The van der Waals surface area contributed by atoms with Crippen LogP contribution in [0.5, 0.6) is 0 Å². The molecule has 1 unspecified atom stereocenters. The van der Waals surface area contributed by atoms with Crippen LogP contribution in [0.25, 0.3) is 0 Å². The lowest BCUT2D eigenvalue weighted by Crippen LogP contribution is -2.18. The maximum Gasteiger partial charge on any atom is 0.257 e. The van der Waals surface area contributed by atoms with E-state index in [1.165, 1.54) is 0 Å². The van der Waals surface area contributed by atoms with E-state index in [0.29, 0.717) is 11.3 Å². The minimum Gasteiger partial charge on any atom is -0.396 e. The van der Waals surface area contributed by atoms with Crippen molar-refractivity contribution in [2.75, 3.05) is 30.4 Å². The molecule has 0 saturated heterocycles. The summed E-state index contributed by atoms with van der Waals surface area (Å²) >= 11 is 0. The predicted molar refractivity (Wildman–Crippen MR) is 74.2 cm³/mol. The van der Waals surface area contributed by atoms with Crippen molar-refractivity contribution in [3.05, 3.63) is 23.8 Å². The van der Waals surface area contributed by atoms with Crippen LogP contribution in [0.4, 0.5) is 11.4 Å². The minimum absolute atomic E-state index is 0.243. The van der Waals surface area contributed by atoms with Gasteiger partial charge in [-0.2, -0.15) is 0 Å². The van der Waals surface area contributed by atoms with Crippen LogP contribution in [0.2, 0.25) is 0 Å². The molecule has 0 fully saturated rings. The Kier molecular flexibility index (Phi) is 4.39. The number of benzene rings is 1. The molecular formula is C14H20N2O3. The van der Waals surface area contributed by atoms with E-state index in [-0.39, 0.29) is 12.5 Å². The molecule has 2 rings (SSSR count). The average molecular weight is 264 g/mol. The summed E-state index contributed by atoms with van der Waals surface area (Å²) in [4.78, 5) is 13.5. The van der Waals surface area contributed by atoms with Crippen LogP contribution in [0.15, 0.2) is 18.2 Å². The molecule has 5 nitrogen and oxygen atoms in total. The molecule has 0 aromatic heterocycles. The van der Waals surface area contributed by atoms with E-state index in [9.17, 15) is 9.90 Å². The Labute approximate surface area is 112 Å². The van der Waals surface area contributed by atoms with Crippen molar-refractivity contribution < 1.29 is 15.0 Å². The zero-order chi connectivity index (χ0) is 13.8. The number of rotatable bonds is 6. The largest absolute Gasteiger partial charge is 0.396 e. The van der Waals surface area contributed by atoms with Gasteiger partial charge in [-0.3, -0.25) is 4.79 Å². The van der Waals surface area contributed by atoms with Crippen molar-refractivity contribution in [1.82, 2.24) is 0 Å². The normalized spacial score (nSPS) is 17.2. The molecular weight excluding hydrogens is 244 g/mol. The highest BCUT2D eigenvalue weighted by molar-refractivity contribution is 6.02. The molecule has 5 heteroatoms. The first-order chi connectivity index (χ1) is 9.13. The molecule has 1 amide bonds. The van der Waals surface area contributed by atoms with Crippen LogP contribution >= 0.6 is 0 Å². The van der Waals surface area contributed by atoms with Crippen LogP contribution in [0.1, 0.15) is 30.9 Å². The zero-order valence-electron chi connectivity index (χ0n) is 11.1. The maximum absolute atomic E-state index is 11.4. The van der Waals surface area contributed by atoms with Gasteiger partial charge in [0.05, 0.1) is 0 Å². The lowest BCUT2D eigenvalue weighted by Gasteiger charge is -2.20. The molecule has 0 radical (unpaired) electrons. The number of hydrogen-bond acceptors (Lipinski definition) is 4. The van der Waals surface area contributed by atoms with Crippen LogP contribution in [-0.4, -0.2) is 36.3 Å². The summed E-state index contributed by atoms with van der Waals surface area (Å²) < 4.78 is 0. The van der Waals surface area contributed by atoms with E-state index in [1.807, 2.05) is 19.2 Å². The molecule has 0 saturated carbocycles. The molecule has 104 valence electrons. The van der Waals surface area contributed by atoms with E-state index < -0.39 is 6.10 Å². The van der Waals surface area contributed by atoms with Crippen molar-refractivity contribution in [3.63, 3.8) is 0 Å². The summed E-state index contributed by atoms with van der Waals surface area (Å²) in [7, 11) is 1.99. The standard InChI is InChI=1S/C14H20N2O3/c1-16(7-3-2-4-8-17)10-5-6-11-12(9-10)15-14(19)13(11)18/h5-6,9,13,17-18H,2-4,7-8H2,1H3,(H,15,19). The first-order valence-corrected chi connectivity index (χ1v) is 6.58. The molecule has 1 atom stereocenters. The first kappa shape index (κ1) is 13.8. The van der Waals surface area contributed by atoms with Gasteiger partial charge in [-0.25, -0.2) is 0 Å². The summed E-state index contributed by atoms with van der Waals surface area (Å²) in [6.07, 6.45) is 1.81. The summed E-state index contributed by atoms with van der Waals surface area (Å²) in [5, 5.41) is 21.0. The molecule has 1 aromatic rings. The van der Waals surface area contributed by atoms with E-state index in [4.69, 9.17) is 5.11 Å². The molecule has 1 aliphatic heterocycles. The number of carbonyl (C=O) groups is 1. The van der Waals surface area contributed by atoms with Gasteiger partial charge >= 0.3 is 0 Å². The van der Waals surface area contributed by atoms with Crippen LogP contribution in [0.3, 0.4) is 0 Å². The zero-order valence-corrected chi connectivity index (χ0v) is 11.1. The number of anilines is 2. The Bertz CT molecular complexity index is 462. The number of nitrogens with one attached hydrogen (secondary N) is 1. The highest BCUT2D eigenvalue weighted by Gasteiger charge is 2.28. The molecule has 0 aliphatic carbocycles. The lowest BCUT2D eigenvalue weighted by molar-refractivity contribution is -0.123. The number of carbonyl (C=O) groups excluding carboxylic acids is 1.